The summed E-state index contributed by atoms with van der Waals surface area (Å²) in [6.07, 6.45) is 3.75. The van der Waals surface area contributed by atoms with E-state index in [1.54, 1.807) is 11.8 Å². The number of nitrogens with two attached hydrogens (primary N) is 1. The molecule has 1 amide bonds. The Labute approximate surface area is 148 Å². The number of amides is 1. The van der Waals surface area contributed by atoms with Gasteiger partial charge in [0, 0.05) is 22.1 Å². The highest BCUT2D eigenvalue weighted by molar-refractivity contribution is 8.00. The molecule has 0 spiro atoms. The minimum atomic E-state index is 0. The Bertz CT molecular complexity index is 511. The van der Waals surface area contributed by atoms with Crippen LogP contribution in [0.15, 0.2) is 23.1 Å². The third-order valence-corrected chi connectivity index (χ3v) is 5.24. The first kappa shape index (κ1) is 19.6. The van der Waals surface area contributed by atoms with Gasteiger partial charge >= 0.3 is 0 Å². The highest BCUT2D eigenvalue weighted by Crippen LogP contribution is 2.37. The van der Waals surface area contributed by atoms with Gasteiger partial charge in [-0.1, -0.05) is 37.9 Å². The van der Waals surface area contributed by atoms with Crippen molar-refractivity contribution in [3.05, 3.63) is 23.2 Å². The second-order valence-corrected chi connectivity index (χ2v) is 7.89. The zero-order valence-electron chi connectivity index (χ0n) is 13.0. The van der Waals surface area contributed by atoms with Gasteiger partial charge in [-0.2, -0.15) is 0 Å². The van der Waals surface area contributed by atoms with Crippen molar-refractivity contribution >= 4 is 47.4 Å². The summed E-state index contributed by atoms with van der Waals surface area (Å²) in [7, 11) is 0. The fraction of sp³-hybridized carbons (Fsp3) is 0.562. The number of anilines is 1. The van der Waals surface area contributed by atoms with Crippen molar-refractivity contribution in [1.29, 1.82) is 0 Å². The first-order valence-electron chi connectivity index (χ1n) is 7.49. The zero-order chi connectivity index (χ0) is 15.4. The van der Waals surface area contributed by atoms with Crippen LogP contribution in [-0.4, -0.2) is 17.2 Å². The van der Waals surface area contributed by atoms with Crippen molar-refractivity contribution in [1.82, 2.24) is 0 Å². The number of rotatable bonds is 4. The average Bonchev–Trinajstić information content (AvgIpc) is 2.42. The van der Waals surface area contributed by atoms with Crippen LogP contribution in [0.2, 0.25) is 5.02 Å². The maximum absolute atomic E-state index is 12.4. The van der Waals surface area contributed by atoms with Crippen molar-refractivity contribution in [3.63, 3.8) is 0 Å². The van der Waals surface area contributed by atoms with E-state index in [1.807, 2.05) is 18.2 Å². The van der Waals surface area contributed by atoms with Gasteiger partial charge in [0.25, 0.3) is 0 Å². The Hall–Kier alpha value is -0.420. The molecule has 1 fully saturated rings. The lowest BCUT2D eigenvalue weighted by Crippen LogP contribution is -2.34. The van der Waals surface area contributed by atoms with E-state index in [9.17, 15) is 4.79 Å². The molecule has 1 saturated carbocycles. The molecule has 2 rings (SSSR count). The molecule has 0 heterocycles. The van der Waals surface area contributed by atoms with E-state index < -0.39 is 0 Å². The van der Waals surface area contributed by atoms with Crippen molar-refractivity contribution in [2.75, 3.05) is 5.32 Å². The summed E-state index contributed by atoms with van der Waals surface area (Å²) >= 11 is 7.94. The Balaban J connectivity index is 0.00000242. The van der Waals surface area contributed by atoms with Crippen LogP contribution in [-0.2, 0) is 4.79 Å². The topological polar surface area (TPSA) is 55.1 Å². The molecule has 1 aromatic rings. The van der Waals surface area contributed by atoms with Crippen molar-refractivity contribution in [2.45, 2.75) is 55.7 Å². The predicted molar refractivity (Wildman–Crippen MR) is 98.3 cm³/mol. The Kier molecular flexibility index (Phi) is 8.04. The van der Waals surface area contributed by atoms with Crippen LogP contribution in [0.3, 0.4) is 0 Å². The Morgan fingerprint density at radius 2 is 2.14 bits per heavy atom. The number of halogens is 2. The summed E-state index contributed by atoms with van der Waals surface area (Å²) in [5, 5.41) is 4.14. The summed E-state index contributed by atoms with van der Waals surface area (Å²) in [4.78, 5) is 13.4. The highest BCUT2D eigenvalue weighted by atomic mass is 35.5. The molecular weight excluding hydrogens is 339 g/mol. The third kappa shape index (κ3) is 5.34. The minimum Gasteiger partial charge on any atom is -0.328 e. The van der Waals surface area contributed by atoms with Gasteiger partial charge in [0.1, 0.15) is 0 Å². The van der Waals surface area contributed by atoms with Crippen molar-refractivity contribution in [3.8, 4) is 0 Å². The van der Waals surface area contributed by atoms with E-state index in [2.05, 4.69) is 19.2 Å². The van der Waals surface area contributed by atoms with Crippen LogP contribution in [0.5, 0.6) is 0 Å². The van der Waals surface area contributed by atoms with Crippen LogP contribution in [0.1, 0.15) is 39.5 Å². The smallest absolute Gasteiger partial charge is 0.227 e. The van der Waals surface area contributed by atoms with Gasteiger partial charge in [-0.05, 0) is 31.4 Å². The Morgan fingerprint density at radius 1 is 1.41 bits per heavy atom. The number of carbonyl (C=O) groups excluding carboxylic acids is 1. The van der Waals surface area contributed by atoms with E-state index in [1.165, 1.54) is 0 Å². The quantitative estimate of drug-likeness (QED) is 0.761. The number of carbonyl (C=O) groups is 1. The molecule has 0 bridgehead atoms. The molecule has 0 saturated heterocycles. The van der Waals surface area contributed by atoms with Crippen LogP contribution >= 0.6 is 35.8 Å². The summed E-state index contributed by atoms with van der Waals surface area (Å²) in [6, 6.07) is 5.79. The lowest BCUT2D eigenvalue weighted by molar-refractivity contribution is -0.120. The fourth-order valence-electron chi connectivity index (χ4n) is 2.66. The minimum absolute atomic E-state index is 0. The molecule has 124 valence electrons. The molecule has 3 nitrogen and oxygen atoms in total. The second-order valence-electron chi connectivity index (χ2n) is 5.90. The van der Waals surface area contributed by atoms with E-state index >= 15 is 0 Å². The van der Waals surface area contributed by atoms with Crippen LogP contribution in [0.25, 0.3) is 0 Å². The van der Waals surface area contributed by atoms with Crippen molar-refractivity contribution in [2.24, 2.45) is 11.7 Å². The molecular formula is C16H24Cl2N2OS. The first-order chi connectivity index (χ1) is 9.97. The number of hydrogen-bond acceptors (Lipinski definition) is 3. The lowest BCUT2D eigenvalue weighted by Gasteiger charge is -2.26. The third-order valence-electron chi connectivity index (χ3n) is 3.66. The molecule has 3 N–H and O–H groups in total. The zero-order valence-corrected chi connectivity index (χ0v) is 15.4. The SMILES string of the molecule is CC(C)Sc1c(Cl)cccc1NC(=O)C1CCCC(N)C1.Cl. The second kappa shape index (κ2) is 9.02. The maximum atomic E-state index is 12.4. The van der Waals surface area contributed by atoms with E-state index in [4.69, 9.17) is 17.3 Å². The molecule has 6 heteroatoms. The molecule has 1 aliphatic carbocycles. The van der Waals surface area contributed by atoms with Gasteiger partial charge in [0.05, 0.1) is 10.7 Å². The number of thioether (sulfide) groups is 1. The maximum Gasteiger partial charge on any atom is 0.227 e. The normalized spacial score (nSPS) is 21.3. The van der Waals surface area contributed by atoms with E-state index in [-0.39, 0.29) is 30.3 Å². The molecule has 1 aromatic carbocycles. The Morgan fingerprint density at radius 3 is 2.77 bits per heavy atom. The van der Waals surface area contributed by atoms with E-state index in [0.29, 0.717) is 10.3 Å². The van der Waals surface area contributed by atoms with Gasteiger partial charge < -0.3 is 11.1 Å². The summed E-state index contributed by atoms with van der Waals surface area (Å²) in [5.41, 5.74) is 6.78. The molecule has 2 atom stereocenters. The first-order valence-corrected chi connectivity index (χ1v) is 8.74. The van der Waals surface area contributed by atoms with E-state index in [0.717, 1.165) is 36.3 Å². The number of hydrogen-bond donors (Lipinski definition) is 2. The van der Waals surface area contributed by atoms with Gasteiger partial charge in [-0.25, -0.2) is 0 Å². The molecule has 22 heavy (non-hydrogen) atoms. The van der Waals surface area contributed by atoms with Gasteiger partial charge in [0.2, 0.25) is 5.91 Å². The van der Waals surface area contributed by atoms with Gasteiger partial charge in [-0.15, -0.1) is 24.2 Å². The monoisotopic (exact) mass is 362 g/mol. The molecule has 0 aromatic heterocycles. The summed E-state index contributed by atoms with van der Waals surface area (Å²) in [6.45, 7) is 4.22. The van der Waals surface area contributed by atoms with Crippen LogP contribution in [0.4, 0.5) is 5.69 Å². The molecule has 1 aliphatic rings. The van der Waals surface area contributed by atoms with Crippen LogP contribution in [0, 0.1) is 5.92 Å². The standard InChI is InChI=1S/C16H23ClN2OS.ClH/c1-10(2)21-15-13(17)7-4-8-14(15)19-16(20)11-5-3-6-12(18)9-11;/h4,7-8,10-12H,3,5-6,9,18H2,1-2H3,(H,19,20);1H. The van der Waals surface area contributed by atoms with Gasteiger partial charge in [-0.3, -0.25) is 4.79 Å². The summed E-state index contributed by atoms with van der Waals surface area (Å²) < 4.78 is 0. The average molecular weight is 363 g/mol. The molecule has 0 radical (unpaired) electrons. The highest BCUT2D eigenvalue weighted by Gasteiger charge is 2.26. The molecule has 0 aliphatic heterocycles. The molecule has 2 unspecified atom stereocenters. The summed E-state index contributed by atoms with van der Waals surface area (Å²) in [5.74, 6) is 0.0858. The van der Waals surface area contributed by atoms with Crippen LogP contribution < -0.4 is 11.1 Å². The number of nitrogens with one attached hydrogen (secondary N) is 1. The van der Waals surface area contributed by atoms with Gasteiger partial charge in [0.15, 0.2) is 0 Å². The lowest BCUT2D eigenvalue weighted by atomic mass is 9.85. The fourth-order valence-corrected chi connectivity index (χ4v) is 3.87. The predicted octanol–water partition coefficient (Wildman–Crippen LogP) is 4.72. The largest absolute Gasteiger partial charge is 0.328 e. The van der Waals surface area contributed by atoms with Crippen molar-refractivity contribution < 1.29 is 4.79 Å². The number of benzene rings is 1.